The summed E-state index contributed by atoms with van der Waals surface area (Å²) in [6.07, 6.45) is 0.954. The molecule has 0 aromatic heterocycles. The summed E-state index contributed by atoms with van der Waals surface area (Å²) in [5.74, 6) is 0.464. The summed E-state index contributed by atoms with van der Waals surface area (Å²) in [7, 11) is -1.24. The topological polar surface area (TPSA) is 43.4 Å². The number of esters is 1. The molecule has 0 heterocycles. The maximum Gasteiger partial charge on any atom is 0.326 e. The van der Waals surface area contributed by atoms with Crippen LogP contribution < -0.4 is 0 Å². The van der Waals surface area contributed by atoms with Gasteiger partial charge in [-0.05, 0) is 18.4 Å². The third kappa shape index (κ3) is 4.78. The van der Waals surface area contributed by atoms with E-state index in [1.54, 1.807) is 6.92 Å². The smallest absolute Gasteiger partial charge is 0.326 e. The highest BCUT2D eigenvalue weighted by atomic mass is 32.2. The molecule has 3 atom stereocenters. The molecule has 1 aromatic carbocycles. The number of carbonyl (C=O) groups excluding carboxylic acids is 1. The maximum atomic E-state index is 12.4. The Morgan fingerprint density at radius 1 is 1.26 bits per heavy atom. The molecule has 106 valence electrons. The Morgan fingerprint density at radius 2 is 1.89 bits per heavy atom. The lowest BCUT2D eigenvalue weighted by Gasteiger charge is -2.17. The van der Waals surface area contributed by atoms with Crippen LogP contribution in [-0.4, -0.2) is 22.5 Å². The van der Waals surface area contributed by atoms with Crippen LogP contribution in [0.1, 0.15) is 38.0 Å². The summed E-state index contributed by atoms with van der Waals surface area (Å²) < 4.78 is 17.5. The minimum atomic E-state index is -1.24. The molecule has 0 saturated carbocycles. The zero-order valence-electron chi connectivity index (χ0n) is 11.8. The number of benzene rings is 1. The van der Waals surface area contributed by atoms with Gasteiger partial charge in [-0.3, -0.25) is 9.00 Å². The molecule has 0 bridgehead atoms. The van der Waals surface area contributed by atoms with Crippen LogP contribution in [0.25, 0.3) is 0 Å². The van der Waals surface area contributed by atoms with Gasteiger partial charge in [-0.2, -0.15) is 0 Å². The fraction of sp³-hybridized carbons (Fsp3) is 0.533. The summed E-state index contributed by atoms with van der Waals surface area (Å²) in [5, 5.41) is -0.671. The second-order valence-corrected chi connectivity index (χ2v) is 6.17. The molecule has 0 aliphatic rings. The third-order valence-electron chi connectivity index (χ3n) is 3.01. The van der Waals surface area contributed by atoms with E-state index < -0.39 is 22.0 Å². The van der Waals surface area contributed by atoms with Crippen LogP contribution >= 0.6 is 0 Å². The van der Waals surface area contributed by atoms with Crippen molar-refractivity contribution in [1.82, 2.24) is 0 Å². The van der Waals surface area contributed by atoms with Crippen molar-refractivity contribution >= 4 is 16.8 Å². The third-order valence-corrected chi connectivity index (χ3v) is 4.90. The highest BCUT2D eigenvalue weighted by Crippen LogP contribution is 2.23. The lowest BCUT2D eigenvalue weighted by molar-refractivity contribution is -0.142. The van der Waals surface area contributed by atoms with Gasteiger partial charge >= 0.3 is 5.97 Å². The molecular weight excluding hydrogens is 260 g/mol. The van der Waals surface area contributed by atoms with E-state index in [-0.39, 0.29) is 0 Å². The fourth-order valence-electron chi connectivity index (χ4n) is 1.74. The molecule has 0 spiro atoms. The lowest BCUT2D eigenvalue weighted by atomic mass is 10.1. The Morgan fingerprint density at radius 3 is 2.42 bits per heavy atom. The molecule has 1 aromatic rings. The molecule has 0 radical (unpaired) electrons. The first-order valence-corrected chi connectivity index (χ1v) is 8.07. The van der Waals surface area contributed by atoms with E-state index in [1.165, 1.54) is 0 Å². The molecule has 0 aliphatic heterocycles. The van der Waals surface area contributed by atoms with E-state index in [4.69, 9.17) is 4.74 Å². The second-order valence-electron chi connectivity index (χ2n) is 4.60. The molecule has 0 N–H and O–H groups in total. The summed E-state index contributed by atoms with van der Waals surface area (Å²) >= 11 is 0. The van der Waals surface area contributed by atoms with Crippen LogP contribution in [-0.2, 0) is 20.3 Å². The van der Waals surface area contributed by atoms with Gasteiger partial charge < -0.3 is 4.74 Å². The zero-order valence-corrected chi connectivity index (χ0v) is 12.6. The fourth-order valence-corrected chi connectivity index (χ4v) is 3.47. The predicted molar refractivity (Wildman–Crippen MR) is 78.3 cm³/mol. The molecule has 0 fully saturated rings. The largest absolute Gasteiger partial charge is 0.465 e. The Hall–Kier alpha value is -1.16. The van der Waals surface area contributed by atoms with E-state index in [1.807, 2.05) is 37.3 Å². The lowest BCUT2D eigenvalue weighted by Crippen LogP contribution is -2.24. The van der Waals surface area contributed by atoms with Gasteiger partial charge in [-0.1, -0.05) is 50.6 Å². The molecule has 3 unspecified atom stereocenters. The van der Waals surface area contributed by atoms with Crippen molar-refractivity contribution in [2.75, 3.05) is 12.4 Å². The molecular formula is C15H22O3S. The van der Waals surface area contributed by atoms with Crippen LogP contribution in [0.2, 0.25) is 0 Å². The SMILES string of the molecule is CCOC(=O)C(c1ccccc1)S(=O)CC(C)CC. The van der Waals surface area contributed by atoms with Gasteiger partial charge in [0.1, 0.15) is 0 Å². The first-order chi connectivity index (χ1) is 9.10. The van der Waals surface area contributed by atoms with Gasteiger partial charge in [0.05, 0.1) is 6.61 Å². The van der Waals surface area contributed by atoms with Crippen LogP contribution in [0.3, 0.4) is 0 Å². The number of hydrogen-bond donors (Lipinski definition) is 0. The second kappa shape index (κ2) is 8.10. The first kappa shape index (κ1) is 15.9. The Kier molecular flexibility index (Phi) is 6.78. The van der Waals surface area contributed by atoms with E-state index in [0.717, 1.165) is 12.0 Å². The van der Waals surface area contributed by atoms with E-state index >= 15 is 0 Å². The normalized spacial score (nSPS) is 15.5. The number of hydrogen-bond acceptors (Lipinski definition) is 3. The van der Waals surface area contributed by atoms with Crippen molar-refractivity contribution in [1.29, 1.82) is 0 Å². The molecule has 0 amide bonds. The average Bonchev–Trinajstić information content (AvgIpc) is 2.40. The molecule has 4 heteroatoms. The monoisotopic (exact) mass is 282 g/mol. The van der Waals surface area contributed by atoms with Crippen molar-refractivity contribution in [3.05, 3.63) is 35.9 Å². The van der Waals surface area contributed by atoms with Gasteiger partial charge in [-0.25, -0.2) is 0 Å². The summed E-state index contributed by atoms with van der Waals surface area (Å²) in [5.41, 5.74) is 0.766. The van der Waals surface area contributed by atoms with Crippen molar-refractivity contribution in [3.8, 4) is 0 Å². The minimum Gasteiger partial charge on any atom is -0.465 e. The van der Waals surface area contributed by atoms with Gasteiger partial charge in [0, 0.05) is 16.6 Å². The highest BCUT2D eigenvalue weighted by Gasteiger charge is 2.28. The summed E-state index contributed by atoms with van der Waals surface area (Å²) in [4.78, 5) is 12.0. The van der Waals surface area contributed by atoms with Gasteiger partial charge in [0.25, 0.3) is 0 Å². The van der Waals surface area contributed by atoms with E-state index in [0.29, 0.717) is 18.3 Å². The molecule has 1 rings (SSSR count). The molecule has 0 aliphatic carbocycles. The maximum absolute atomic E-state index is 12.4. The Bertz CT molecular complexity index is 417. The standard InChI is InChI=1S/C15H22O3S/c1-4-12(3)11-19(17)14(15(16)18-5-2)13-9-7-6-8-10-13/h6-10,12,14H,4-5,11H2,1-3H3. The Balaban J connectivity index is 2.93. The zero-order chi connectivity index (χ0) is 14.3. The predicted octanol–water partition coefficient (Wildman–Crippen LogP) is 3.09. The van der Waals surface area contributed by atoms with Crippen LogP contribution in [0.4, 0.5) is 0 Å². The van der Waals surface area contributed by atoms with Crippen LogP contribution in [0.5, 0.6) is 0 Å². The van der Waals surface area contributed by atoms with Gasteiger partial charge in [-0.15, -0.1) is 0 Å². The van der Waals surface area contributed by atoms with Crippen LogP contribution in [0.15, 0.2) is 30.3 Å². The van der Waals surface area contributed by atoms with Crippen molar-refractivity contribution in [2.45, 2.75) is 32.4 Å². The van der Waals surface area contributed by atoms with Crippen molar-refractivity contribution < 1.29 is 13.7 Å². The number of rotatable bonds is 7. The molecule has 19 heavy (non-hydrogen) atoms. The van der Waals surface area contributed by atoms with Crippen LogP contribution in [0, 0.1) is 5.92 Å². The summed E-state index contributed by atoms with van der Waals surface area (Å²) in [6, 6.07) is 9.24. The number of ether oxygens (including phenoxy) is 1. The quantitative estimate of drug-likeness (QED) is 0.722. The van der Waals surface area contributed by atoms with Gasteiger partial charge in [0.2, 0.25) is 0 Å². The van der Waals surface area contributed by atoms with E-state index in [2.05, 4.69) is 6.92 Å². The molecule has 3 nitrogen and oxygen atoms in total. The summed E-state index contributed by atoms with van der Waals surface area (Å²) in [6.45, 7) is 6.18. The van der Waals surface area contributed by atoms with E-state index in [9.17, 15) is 9.00 Å². The Labute approximate surface area is 117 Å². The van der Waals surface area contributed by atoms with Crippen molar-refractivity contribution in [2.24, 2.45) is 5.92 Å². The van der Waals surface area contributed by atoms with Gasteiger partial charge in [0.15, 0.2) is 5.25 Å². The molecule has 0 saturated heterocycles. The number of carbonyl (C=O) groups is 1. The first-order valence-electron chi connectivity index (χ1n) is 6.68. The minimum absolute atomic E-state index is 0.308. The van der Waals surface area contributed by atoms with Crippen molar-refractivity contribution in [3.63, 3.8) is 0 Å². The average molecular weight is 282 g/mol. The highest BCUT2D eigenvalue weighted by molar-refractivity contribution is 7.86.